The van der Waals surface area contributed by atoms with Crippen molar-refractivity contribution in [2.24, 2.45) is 22.0 Å². The number of benzene rings is 1. The van der Waals surface area contributed by atoms with Crippen molar-refractivity contribution in [3.05, 3.63) is 93.6 Å². The van der Waals surface area contributed by atoms with Crippen molar-refractivity contribution < 1.29 is 175 Å². The van der Waals surface area contributed by atoms with Gasteiger partial charge in [0, 0.05) is 26.3 Å². The number of hydrogen-bond donors (Lipinski definition) is 19. The van der Waals surface area contributed by atoms with E-state index in [-0.39, 0.29) is 17.7 Å². The summed E-state index contributed by atoms with van der Waals surface area (Å²) in [6.45, 7) is 16.4. The van der Waals surface area contributed by atoms with Crippen LogP contribution in [0.5, 0.6) is 0 Å². The van der Waals surface area contributed by atoms with Crippen molar-refractivity contribution >= 4 is 72.5 Å². The van der Waals surface area contributed by atoms with Crippen molar-refractivity contribution in [2.75, 3.05) is 31.9 Å². The lowest BCUT2D eigenvalue weighted by Gasteiger charge is -2.52. The summed E-state index contributed by atoms with van der Waals surface area (Å²) >= 11 is 0. The van der Waals surface area contributed by atoms with Crippen LogP contribution in [-0.2, 0) is 99.3 Å². The van der Waals surface area contributed by atoms with E-state index in [4.69, 9.17) is 72.6 Å². The number of nitrogens with zero attached hydrogens (tertiary/aromatic N) is 2. The smallest absolute Gasteiger partial charge is 0.474 e. The Morgan fingerprint density at radius 3 is 1.91 bits per heavy atom. The number of phosphoric acid groups is 1. The molecule has 1 aromatic carbocycles. The molecular weight excluding hydrogens is 1640 g/mol. The fourth-order valence-electron chi connectivity index (χ4n) is 13.2. The van der Waals surface area contributed by atoms with Gasteiger partial charge in [-0.2, -0.15) is 5.10 Å². The summed E-state index contributed by atoms with van der Waals surface area (Å²) in [4.78, 5) is 126. The van der Waals surface area contributed by atoms with Crippen LogP contribution in [0.3, 0.4) is 0 Å². The number of ether oxygens (including phenoxy) is 11. The molecule has 1 aromatic rings. The Balaban J connectivity index is 1.27. The largest absolute Gasteiger partial charge is 0.481 e. The van der Waals surface area contributed by atoms with E-state index in [1.165, 1.54) is 23.3 Å². The molecule has 0 aliphatic carbocycles. The molecule has 27 atom stereocenters. The average molecular weight is 1750 g/mol. The predicted octanol–water partition coefficient (Wildman–Crippen LogP) is -1.39. The number of aliphatic hydroxyl groups excluding tert-OH is 9. The first-order valence-electron chi connectivity index (χ1n) is 38.4. The second-order valence-electron chi connectivity index (χ2n) is 30.8. The van der Waals surface area contributed by atoms with Crippen LogP contribution >= 0.6 is 7.82 Å². The van der Waals surface area contributed by atoms with Crippen LogP contribution in [0, 0.1) is 15.5 Å². The van der Waals surface area contributed by atoms with Crippen LogP contribution in [0.4, 0.5) is 16.2 Å². The van der Waals surface area contributed by atoms with Crippen molar-refractivity contribution in [2.45, 2.75) is 286 Å². The molecule has 45 nitrogen and oxygen atoms in total. The molecule has 680 valence electrons. The number of carboxylic acid groups (broad SMARTS) is 2. The van der Waals surface area contributed by atoms with Crippen molar-refractivity contribution in [3.63, 3.8) is 0 Å². The third-order valence-corrected chi connectivity index (χ3v) is 20.9. The van der Waals surface area contributed by atoms with Crippen LogP contribution in [0.15, 0.2) is 88.6 Å². The van der Waals surface area contributed by atoms with Gasteiger partial charge in [-0.3, -0.25) is 53.4 Å². The standard InChI is InChI=1S/C75H113N8O37P/c1-34(2)17-16-19-35(3)22-23-37(5)26-29-74(9,10)28-15-14-18-36(4)27-30-108-46(67(100)101)33-110-121(106,107)120-72-61(62(119-73(77)102)75(11,103)63(118-72)64(76)98)117-69-49(79-40(8)86)52(92)59(45(113-69)32-109-70-56(96)53(93)50(90)44(31-84)112-70)115-68-48(78-39(7)85)51(91)58(38(6)111-68)114-71-57(97)54(94)55(95)60(116-71)66(99)80-65(43(87)24-25-47(88)89)82-81-41-20-12-13-21-42(41)83(104)105/h12-13,15,17,20-22,27-28,38,44-46,48-63,68-72,81,84,90-97,103H,5,14,16,18-19,23-26,29-33H2,1-4,6-11H3,(H2,76,98)(H2,77,102)(H,78,85)(H,79,86)(H,88,89)(H,100,101)(H,106,107)(H,80,82,99)/b28-15+,35-22+,36-27-/t38-,44-,45-,46-,48-,49-,50-,51-,52-,53+,54+,55-,56-,57-,58-,59-,60+,61-,62-,63-,68+,69?,70-,71-,72-,75+/m1/s1. The number of aliphatic hydroxyl groups is 10. The lowest BCUT2D eigenvalue weighted by Crippen LogP contribution is -2.72. The number of rotatable bonds is 43. The van der Waals surface area contributed by atoms with Crippen molar-refractivity contribution in [1.82, 2.24) is 16.0 Å². The summed E-state index contributed by atoms with van der Waals surface area (Å²) in [6, 6.07) is 0.660. The van der Waals surface area contributed by atoms with E-state index in [0.717, 1.165) is 83.1 Å². The predicted molar refractivity (Wildman–Crippen MR) is 414 cm³/mol. The second kappa shape index (κ2) is 46.0. The zero-order chi connectivity index (χ0) is 90.5. The fourth-order valence-corrected chi connectivity index (χ4v) is 14.0. The monoisotopic (exact) mass is 1750 g/mol. The first-order chi connectivity index (χ1) is 56.6. The number of amidine groups is 1. The molecule has 0 saturated carbocycles. The van der Waals surface area contributed by atoms with Gasteiger partial charge in [-0.1, -0.05) is 85.2 Å². The maximum atomic E-state index is 14.2. The third kappa shape index (κ3) is 29.5. The first kappa shape index (κ1) is 102. The zero-order valence-electron chi connectivity index (χ0n) is 68.1. The highest BCUT2D eigenvalue weighted by molar-refractivity contribution is 7.47. The summed E-state index contributed by atoms with van der Waals surface area (Å²) in [6.07, 6.45) is -39.0. The molecule has 5 aliphatic heterocycles. The highest BCUT2D eigenvalue weighted by atomic mass is 31.2. The van der Waals surface area contributed by atoms with E-state index < -0.39 is 263 Å². The number of allylic oxidation sites excluding steroid dienone is 8. The van der Waals surface area contributed by atoms with Gasteiger partial charge in [0.05, 0.1) is 43.9 Å². The van der Waals surface area contributed by atoms with Gasteiger partial charge in [0.1, 0.15) is 96.6 Å². The van der Waals surface area contributed by atoms with Gasteiger partial charge in [0.25, 0.3) is 11.6 Å². The Morgan fingerprint density at radius 1 is 0.719 bits per heavy atom. The molecule has 5 amide bonds. The SMILES string of the molecule is C=C(C/C=C(\C)CCC=C(C)C)CCC(C)(C)/C=C/CC/C(C)=C\CO[C@H](COP(=O)(O)O[C@H]1O[C@H](C(N)=O)[C@@](C)(O)[C@H](OC(N)=O)[C@H]1OC1O[C@H](CO[C@@H]2O[C@H](CO)[C@@H](O)[C@H](O)[C@H]2O)[C@@H](O[C@@H]2O[C@H](C)[C@@H](O[C@@H]3O[C@H](C(=O)N/C(=N/Nc4ccccc4[N+](=O)[O-])C(=O)CCC(=O)O)[C@H](O)[C@H](O)[C@H]3O)[C@H](O)[C@H]2NC(C)=O)[C@H](O)[C@H]1NC(C)=O)C(=O)O. The Bertz CT molecular complexity index is 3950. The molecular formula is C75H113N8O37P. The fraction of sp³-hybridized carbons (Fsp3) is 0.667. The molecule has 0 aromatic heterocycles. The number of nitro groups is 1. The van der Waals surface area contributed by atoms with E-state index in [1.54, 1.807) is 13.0 Å². The number of amides is 5. The van der Waals surface area contributed by atoms with E-state index in [0.29, 0.717) is 12.8 Å². The lowest BCUT2D eigenvalue weighted by molar-refractivity contribution is -0.384. The number of nitro benzene ring substituents is 1. The third-order valence-electron chi connectivity index (χ3n) is 20.0. The molecule has 0 spiro atoms. The number of anilines is 1. The molecule has 5 fully saturated rings. The molecule has 5 saturated heterocycles. The summed E-state index contributed by atoms with van der Waals surface area (Å²) in [5.41, 5.74) is 13.8. The highest BCUT2D eigenvalue weighted by Gasteiger charge is 2.63. The van der Waals surface area contributed by atoms with E-state index in [2.05, 4.69) is 80.6 Å². The quantitative estimate of drug-likeness (QED) is 0.00893. The minimum Gasteiger partial charge on any atom is -0.481 e. The molecule has 21 N–H and O–H groups in total. The number of hydrazone groups is 1. The number of aliphatic carboxylic acids is 2. The van der Waals surface area contributed by atoms with E-state index in [1.807, 2.05) is 11.4 Å². The Kier molecular flexibility index (Phi) is 38.7. The van der Waals surface area contributed by atoms with Crippen LogP contribution in [0.1, 0.15) is 127 Å². The zero-order valence-corrected chi connectivity index (χ0v) is 69.0. The second-order valence-corrected chi connectivity index (χ2v) is 32.2. The highest BCUT2D eigenvalue weighted by Crippen LogP contribution is 2.49. The summed E-state index contributed by atoms with van der Waals surface area (Å²) in [5, 5.41) is 155. The van der Waals surface area contributed by atoms with Crippen LogP contribution in [0.25, 0.3) is 0 Å². The summed E-state index contributed by atoms with van der Waals surface area (Å²) in [5.74, 6) is -10.6. The van der Waals surface area contributed by atoms with E-state index in [9.17, 15) is 119 Å². The van der Waals surface area contributed by atoms with Crippen LogP contribution in [-0.4, -0.2) is 310 Å². The summed E-state index contributed by atoms with van der Waals surface area (Å²) < 4.78 is 89.2. The molecule has 46 heteroatoms. The maximum Gasteiger partial charge on any atom is 0.474 e. The number of para-hydroxylation sites is 2. The van der Waals surface area contributed by atoms with E-state index >= 15 is 0 Å². The molecule has 0 radical (unpaired) electrons. The molecule has 0 bridgehead atoms. The molecule has 6 rings (SSSR count). The number of carbonyl (C=O) groups is 8. The molecule has 2 unspecified atom stereocenters. The topological polar surface area (TPSA) is 692 Å². The number of nitrogens with two attached hydrogens (primary N) is 2. The van der Waals surface area contributed by atoms with Gasteiger partial charge in [-0.15, -0.1) is 0 Å². The molecule has 5 aliphatic rings. The number of carboxylic acids is 2. The summed E-state index contributed by atoms with van der Waals surface area (Å²) in [7, 11) is -5.89. The van der Waals surface area contributed by atoms with Gasteiger partial charge in [0.15, 0.2) is 67.8 Å². The Hall–Kier alpha value is -8.14. The average Bonchev–Trinajstić information content (AvgIpc) is 0.845. The van der Waals surface area contributed by atoms with Gasteiger partial charge < -0.3 is 146 Å². The number of phosphoric ester groups is 1. The van der Waals surface area contributed by atoms with Gasteiger partial charge in [0.2, 0.25) is 23.5 Å². The van der Waals surface area contributed by atoms with Crippen LogP contribution < -0.4 is 32.8 Å². The number of ketones is 1. The van der Waals surface area contributed by atoms with Gasteiger partial charge >= 0.3 is 25.9 Å². The number of nitrogens with one attached hydrogen (secondary N) is 4. The maximum absolute atomic E-state index is 14.2. The van der Waals surface area contributed by atoms with Gasteiger partial charge in [-0.05, 0) is 98.0 Å². The number of hydrogen-bond acceptors (Lipinski definition) is 36. The Labute approximate surface area is 694 Å². The van der Waals surface area contributed by atoms with Crippen LogP contribution in [0.2, 0.25) is 0 Å². The minimum absolute atomic E-state index is 0.163. The van der Waals surface area contributed by atoms with Crippen molar-refractivity contribution in [1.29, 1.82) is 0 Å². The lowest BCUT2D eigenvalue weighted by atomic mass is 9.85. The molecule has 121 heavy (non-hydrogen) atoms. The molecule has 5 heterocycles. The number of carbonyl (C=O) groups excluding carboxylic acids is 6. The number of primary amides is 2. The minimum atomic E-state index is -5.89. The first-order valence-corrected chi connectivity index (χ1v) is 39.9. The van der Waals surface area contributed by atoms with Crippen molar-refractivity contribution in [3.8, 4) is 0 Å². The number of Topliss-reactive ketones (excluding diaryl/α,β-unsaturated/α-hetero) is 1. The Morgan fingerprint density at radius 2 is 1.31 bits per heavy atom. The van der Waals surface area contributed by atoms with Gasteiger partial charge in [-0.25, -0.2) is 14.2 Å². The normalized spacial score (nSPS) is 32.6.